The second-order valence-corrected chi connectivity index (χ2v) is 6.23. The van der Waals surface area contributed by atoms with E-state index in [4.69, 9.17) is 4.74 Å². The quantitative estimate of drug-likeness (QED) is 0.889. The summed E-state index contributed by atoms with van der Waals surface area (Å²) in [4.78, 5) is 12.6. The van der Waals surface area contributed by atoms with Crippen LogP contribution in [0.15, 0.2) is 48.5 Å². The third-order valence-corrected chi connectivity index (χ3v) is 4.41. The van der Waals surface area contributed by atoms with Crippen molar-refractivity contribution in [3.8, 4) is 5.75 Å². The Morgan fingerprint density at radius 2 is 2.00 bits per heavy atom. The molecule has 1 aliphatic heterocycles. The van der Waals surface area contributed by atoms with Crippen LogP contribution in [0.3, 0.4) is 0 Å². The van der Waals surface area contributed by atoms with Crippen molar-refractivity contribution in [2.24, 2.45) is 0 Å². The zero-order valence-corrected chi connectivity index (χ0v) is 14.0. The van der Waals surface area contributed by atoms with Gasteiger partial charge in [0.25, 0.3) is 5.91 Å². The molecule has 0 aromatic heterocycles. The number of piperidine rings is 1. The van der Waals surface area contributed by atoms with E-state index >= 15 is 0 Å². The first-order chi connectivity index (χ1) is 11.7. The molecule has 1 heterocycles. The molecule has 1 atom stereocenters. The van der Waals surface area contributed by atoms with Gasteiger partial charge in [0.2, 0.25) is 0 Å². The molecule has 1 amide bonds. The average Bonchev–Trinajstić information content (AvgIpc) is 2.62. The van der Waals surface area contributed by atoms with Crippen LogP contribution in [0.1, 0.15) is 34.3 Å². The van der Waals surface area contributed by atoms with Crippen molar-refractivity contribution in [3.63, 3.8) is 0 Å². The maximum atomic E-state index is 12.6. The average molecular weight is 324 g/mol. The summed E-state index contributed by atoms with van der Waals surface area (Å²) in [6.45, 7) is 4.38. The Balaban J connectivity index is 1.68. The van der Waals surface area contributed by atoms with Crippen LogP contribution in [0.4, 0.5) is 0 Å². The minimum absolute atomic E-state index is 0.0657. The van der Waals surface area contributed by atoms with Crippen molar-refractivity contribution in [1.82, 2.24) is 10.6 Å². The highest BCUT2D eigenvalue weighted by atomic mass is 16.5. The molecule has 126 valence electrons. The fraction of sp³-hybridized carbons (Fsp3) is 0.350. The Bertz CT molecular complexity index is 694. The number of rotatable bonds is 5. The van der Waals surface area contributed by atoms with Gasteiger partial charge < -0.3 is 15.4 Å². The number of carbonyl (C=O) groups excluding carboxylic acids is 1. The van der Waals surface area contributed by atoms with Gasteiger partial charge in [0.05, 0.1) is 5.56 Å². The van der Waals surface area contributed by atoms with E-state index in [9.17, 15) is 4.79 Å². The van der Waals surface area contributed by atoms with Gasteiger partial charge in [-0.1, -0.05) is 36.4 Å². The number of hydrogen-bond donors (Lipinski definition) is 2. The lowest BCUT2D eigenvalue weighted by Crippen LogP contribution is -2.45. The fourth-order valence-corrected chi connectivity index (χ4v) is 2.95. The first-order valence-electron chi connectivity index (χ1n) is 8.52. The summed E-state index contributed by atoms with van der Waals surface area (Å²) in [5, 5.41) is 6.42. The Kier molecular flexibility index (Phi) is 5.49. The highest BCUT2D eigenvalue weighted by Crippen LogP contribution is 2.20. The molecule has 0 aliphatic carbocycles. The molecule has 0 spiro atoms. The van der Waals surface area contributed by atoms with Gasteiger partial charge in [0, 0.05) is 12.6 Å². The predicted octanol–water partition coefficient (Wildman–Crippen LogP) is 3.06. The molecule has 1 saturated heterocycles. The number of carbonyl (C=O) groups is 1. The van der Waals surface area contributed by atoms with Crippen LogP contribution in [-0.4, -0.2) is 25.0 Å². The summed E-state index contributed by atoms with van der Waals surface area (Å²) in [6.07, 6.45) is 2.11. The fourth-order valence-electron chi connectivity index (χ4n) is 2.95. The maximum absolute atomic E-state index is 12.6. The lowest BCUT2D eigenvalue weighted by Gasteiger charge is -2.24. The van der Waals surface area contributed by atoms with Crippen molar-refractivity contribution in [2.45, 2.75) is 32.4 Å². The van der Waals surface area contributed by atoms with Gasteiger partial charge in [-0.15, -0.1) is 0 Å². The summed E-state index contributed by atoms with van der Waals surface area (Å²) in [6, 6.07) is 15.7. The van der Waals surface area contributed by atoms with Crippen LogP contribution in [0, 0.1) is 6.92 Å². The van der Waals surface area contributed by atoms with Crippen LogP contribution >= 0.6 is 0 Å². The summed E-state index contributed by atoms with van der Waals surface area (Å²) in [5.74, 6) is 0.561. The third-order valence-electron chi connectivity index (χ3n) is 4.41. The molecule has 0 bridgehead atoms. The van der Waals surface area contributed by atoms with E-state index in [1.807, 2.05) is 42.5 Å². The van der Waals surface area contributed by atoms with Crippen LogP contribution in [0.25, 0.3) is 0 Å². The number of amides is 1. The van der Waals surface area contributed by atoms with Gasteiger partial charge >= 0.3 is 0 Å². The molecular weight excluding hydrogens is 300 g/mol. The molecule has 24 heavy (non-hydrogen) atoms. The highest BCUT2D eigenvalue weighted by molar-refractivity contribution is 5.97. The van der Waals surface area contributed by atoms with Crippen LogP contribution in [-0.2, 0) is 6.61 Å². The summed E-state index contributed by atoms with van der Waals surface area (Å²) in [5.41, 5.74) is 2.91. The summed E-state index contributed by atoms with van der Waals surface area (Å²) < 4.78 is 5.94. The number of ether oxygens (including phenoxy) is 1. The predicted molar refractivity (Wildman–Crippen MR) is 95.3 cm³/mol. The van der Waals surface area contributed by atoms with Gasteiger partial charge in [-0.05, 0) is 49.6 Å². The van der Waals surface area contributed by atoms with Crippen molar-refractivity contribution in [1.29, 1.82) is 0 Å². The number of nitrogens with one attached hydrogen (secondary N) is 2. The van der Waals surface area contributed by atoms with Gasteiger partial charge in [-0.3, -0.25) is 4.79 Å². The van der Waals surface area contributed by atoms with Gasteiger partial charge in [0.1, 0.15) is 12.4 Å². The number of hydrogen-bond acceptors (Lipinski definition) is 3. The maximum Gasteiger partial charge on any atom is 0.255 e. The summed E-state index contributed by atoms with van der Waals surface area (Å²) in [7, 11) is 0. The Hall–Kier alpha value is -2.33. The molecule has 0 radical (unpaired) electrons. The monoisotopic (exact) mass is 324 g/mol. The molecule has 2 N–H and O–H groups in total. The normalized spacial score (nSPS) is 17.3. The first-order valence-corrected chi connectivity index (χ1v) is 8.52. The molecule has 1 unspecified atom stereocenters. The molecule has 3 rings (SSSR count). The first kappa shape index (κ1) is 16.5. The van der Waals surface area contributed by atoms with Crippen molar-refractivity contribution in [3.05, 3.63) is 65.2 Å². The van der Waals surface area contributed by atoms with E-state index in [0.29, 0.717) is 17.9 Å². The minimum Gasteiger partial charge on any atom is -0.488 e. The van der Waals surface area contributed by atoms with Crippen molar-refractivity contribution >= 4 is 5.91 Å². The van der Waals surface area contributed by atoms with E-state index in [-0.39, 0.29) is 11.9 Å². The number of benzene rings is 2. The van der Waals surface area contributed by atoms with Crippen molar-refractivity contribution in [2.75, 3.05) is 13.1 Å². The van der Waals surface area contributed by atoms with Crippen LogP contribution in [0.5, 0.6) is 5.75 Å². The van der Waals surface area contributed by atoms with Gasteiger partial charge in [-0.25, -0.2) is 0 Å². The zero-order chi connectivity index (χ0) is 16.8. The van der Waals surface area contributed by atoms with Gasteiger partial charge in [0.15, 0.2) is 0 Å². The standard InChI is InChI=1S/C20H24N2O2/c1-15-7-2-3-8-16(15)14-24-19-11-5-4-10-18(19)20(23)22-17-9-6-12-21-13-17/h2-5,7-8,10-11,17,21H,6,9,12-14H2,1H3,(H,22,23). The highest BCUT2D eigenvalue weighted by Gasteiger charge is 2.18. The van der Waals surface area contributed by atoms with Gasteiger partial charge in [-0.2, -0.15) is 0 Å². The lowest BCUT2D eigenvalue weighted by molar-refractivity contribution is 0.0926. The third kappa shape index (κ3) is 4.15. The second kappa shape index (κ2) is 7.97. The number of aryl methyl sites for hydroxylation is 1. The molecule has 4 heteroatoms. The van der Waals surface area contributed by atoms with E-state index in [1.165, 1.54) is 5.56 Å². The summed E-state index contributed by atoms with van der Waals surface area (Å²) >= 11 is 0. The SMILES string of the molecule is Cc1ccccc1COc1ccccc1C(=O)NC1CCCNC1. The largest absolute Gasteiger partial charge is 0.488 e. The van der Waals surface area contributed by atoms with E-state index < -0.39 is 0 Å². The molecule has 1 fully saturated rings. The molecule has 2 aromatic rings. The number of para-hydroxylation sites is 1. The van der Waals surface area contributed by atoms with E-state index in [0.717, 1.165) is 31.5 Å². The molecule has 1 aliphatic rings. The molecule has 0 saturated carbocycles. The minimum atomic E-state index is -0.0657. The molecular formula is C20H24N2O2. The van der Waals surface area contributed by atoms with Crippen LogP contribution in [0.2, 0.25) is 0 Å². The Labute approximate surface area is 143 Å². The second-order valence-electron chi connectivity index (χ2n) is 6.23. The van der Waals surface area contributed by atoms with E-state index in [2.05, 4.69) is 23.6 Å². The lowest BCUT2D eigenvalue weighted by atomic mass is 10.1. The molecule has 4 nitrogen and oxygen atoms in total. The zero-order valence-electron chi connectivity index (χ0n) is 14.0. The van der Waals surface area contributed by atoms with E-state index in [1.54, 1.807) is 0 Å². The van der Waals surface area contributed by atoms with Crippen LogP contribution < -0.4 is 15.4 Å². The Morgan fingerprint density at radius 1 is 1.21 bits per heavy atom. The smallest absolute Gasteiger partial charge is 0.255 e. The molecule has 2 aromatic carbocycles. The van der Waals surface area contributed by atoms with Crippen molar-refractivity contribution < 1.29 is 9.53 Å². The Morgan fingerprint density at radius 3 is 2.79 bits per heavy atom. The topological polar surface area (TPSA) is 50.4 Å².